The van der Waals surface area contributed by atoms with Crippen molar-refractivity contribution in [3.8, 4) is 11.5 Å². The topological polar surface area (TPSA) is 44.2 Å². The van der Waals surface area contributed by atoms with E-state index in [1.165, 1.54) is 0 Å². The molecule has 0 aliphatic heterocycles. The first-order chi connectivity index (χ1) is 9.74. The lowest BCUT2D eigenvalue weighted by Crippen LogP contribution is -1.98. The highest BCUT2D eigenvalue weighted by Gasteiger charge is 2.15. The van der Waals surface area contributed by atoms with Crippen LogP contribution in [0.1, 0.15) is 13.8 Å². The largest absolute Gasteiger partial charge is 0.494 e. The third-order valence-corrected chi connectivity index (χ3v) is 4.51. The van der Waals surface area contributed by atoms with Gasteiger partial charge in [-0.1, -0.05) is 13.8 Å². The van der Waals surface area contributed by atoms with Gasteiger partial charge >= 0.3 is 0 Å². The molecular weight excluding hydrogens is 292 g/mol. The number of fused-ring (bicyclic) bond motifs is 1. The van der Waals surface area contributed by atoms with Gasteiger partial charge in [-0.05, 0) is 23.6 Å². The number of nitrogens with zero attached hydrogens (tertiary/aromatic N) is 2. The second-order valence-electron chi connectivity index (χ2n) is 3.87. The van der Waals surface area contributed by atoms with Crippen LogP contribution < -0.4 is 9.47 Å². The molecule has 0 unspecified atom stereocenters. The highest BCUT2D eigenvalue weighted by molar-refractivity contribution is 8.02. The Hall–Kier alpha value is -1.14. The van der Waals surface area contributed by atoms with Crippen molar-refractivity contribution in [1.82, 2.24) is 9.97 Å². The van der Waals surface area contributed by atoms with Gasteiger partial charge in [-0.2, -0.15) is 0 Å². The van der Waals surface area contributed by atoms with Crippen LogP contribution >= 0.6 is 23.5 Å². The summed E-state index contributed by atoms with van der Waals surface area (Å²) in [5, 5.41) is 1.91. The Morgan fingerprint density at radius 3 is 1.55 bits per heavy atom. The highest BCUT2D eigenvalue weighted by Crippen LogP contribution is 2.36. The van der Waals surface area contributed by atoms with E-state index in [0.29, 0.717) is 0 Å². The van der Waals surface area contributed by atoms with Gasteiger partial charge in [-0.3, -0.25) is 0 Å². The van der Waals surface area contributed by atoms with Crippen molar-refractivity contribution in [2.45, 2.75) is 23.9 Å². The number of hydrogen-bond donors (Lipinski definition) is 0. The minimum Gasteiger partial charge on any atom is -0.494 e. The molecule has 6 heteroatoms. The standard InChI is InChI=1S/C14H18N2O2S2/c1-5-19-13-14(20-6-2)16-12-10(18-4)8-7-9(17-3)11(12)15-13/h7-8H,5-6H2,1-4H3. The number of ether oxygens (including phenoxy) is 2. The summed E-state index contributed by atoms with van der Waals surface area (Å²) in [5.41, 5.74) is 1.51. The molecule has 0 N–H and O–H groups in total. The van der Waals surface area contributed by atoms with Crippen LogP contribution in [0.4, 0.5) is 0 Å². The number of aromatic nitrogens is 2. The van der Waals surface area contributed by atoms with Crippen molar-refractivity contribution in [2.75, 3.05) is 25.7 Å². The Morgan fingerprint density at radius 2 is 1.25 bits per heavy atom. The van der Waals surface area contributed by atoms with Gasteiger partial charge in [0.1, 0.15) is 32.6 Å². The fourth-order valence-corrected chi connectivity index (χ4v) is 3.40. The van der Waals surface area contributed by atoms with Crippen LogP contribution in [0.3, 0.4) is 0 Å². The SMILES string of the molecule is CCSc1nc2c(OC)ccc(OC)c2nc1SCC. The first kappa shape index (κ1) is 15.3. The maximum Gasteiger partial charge on any atom is 0.147 e. The second-order valence-corrected chi connectivity index (χ2v) is 6.37. The second kappa shape index (κ2) is 7.04. The average molecular weight is 310 g/mol. The van der Waals surface area contributed by atoms with E-state index < -0.39 is 0 Å². The number of methoxy groups -OCH3 is 2. The molecule has 4 nitrogen and oxygen atoms in total. The lowest BCUT2D eigenvalue weighted by Gasteiger charge is -2.12. The summed E-state index contributed by atoms with van der Waals surface area (Å²) >= 11 is 3.40. The molecule has 0 spiro atoms. The molecule has 1 aromatic carbocycles. The fourth-order valence-electron chi connectivity index (χ4n) is 1.85. The molecule has 2 aromatic rings. The van der Waals surface area contributed by atoms with Crippen LogP contribution in [0, 0.1) is 0 Å². The molecule has 0 aliphatic carbocycles. The smallest absolute Gasteiger partial charge is 0.147 e. The molecule has 2 rings (SSSR count). The lowest BCUT2D eigenvalue weighted by atomic mass is 10.2. The maximum atomic E-state index is 5.39. The van der Waals surface area contributed by atoms with Gasteiger partial charge in [0.05, 0.1) is 14.2 Å². The van der Waals surface area contributed by atoms with Crippen molar-refractivity contribution >= 4 is 34.6 Å². The van der Waals surface area contributed by atoms with Crippen molar-refractivity contribution in [3.05, 3.63) is 12.1 Å². The quantitative estimate of drug-likeness (QED) is 0.755. The van der Waals surface area contributed by atoms with Gasteiger partial charge in [-0.15, -0.1) is 23.5 Å². The number of hydrogen-bond acceptors (Lipinski definition) is 6. The van der Waals surface area contributed by atoms with Gasteiger partial charge < -0.3 is 9.47 Å². The number of rotatable bonds is 6. The van der Waals surface area contributed by atoms with Crippen LogP contribution in [0.2, 0.25) is 0 Å². The van der Waals surface area contributed by atoms with Crippen molar-refractivity contribution in [1.29, 1.82) is 0 Å². The summed E-state index contributed by atoms with van der Waals surface area (Å²) in [7, 11) is 3.29. The third-order valence-electron chi connectivity index (χ3n) is 2.69. The normalized spacial score (nSPS) is 10.8. The Bertz CT molecular complexity index is 553. The summed E-state index contributed by atoms with van der Waals surface area (Å²) < 4.78 is 10.8. The molecule has 0 radical (unpaired) electrons. The van der Waals surface area contributed by atoms with Gasteiger partial charge in [-0.25, -0.2) is 9.97 Å². The Morgan fingerprint density at radius 1 is 0.850 bits per heavy atom. The van der Waals surface area contributed by atoms with Gasteiger partial charge in [0.25, 0.3) is 0 Å². The van der Waals surface area contributed by atoms with E-state index in [1.54, 1.807) is 37.7 Å². The summed E-state index contributed by atoms with van der Waals surface area (Å²) in [6.45, 7) is 4.22. The number of benzene rings is 1. The molecule has 0 bridgehead atoms. The van der Waals surface area contributed by atoms with Crippen LogP contribution in [0.5, 0.6) is 11.5 Å². The Balaban J connectivity index is 2.70. The molecule has 0 amide bonds. The summed E-state index contributed by atoms with van der Waals surface area (Å²) in [6, 6.07) is 3.73. The first-order valence-electron chi connectivity index (χ1n) is 6.43. The first-order valence-corrected chi connectivity index (χ1v) is 8.40. The predicted octanol–water partition coefficient (Wildman–Crippen LogP) is 3.87. The third kappa shape index (κ3) is 2.96. The van der Waals surface area contributed by atoms with Crippen molar-refractivity contribution in [3.63, 3.8) is 0 Å². The zero-order chi connectivity index (χ0) is 14.5. The van der Waals surface area contributed by atoms with Crippen LogP contribution in [-0.4, -0.2) is 35.7 Å². The molecule has 1 heterocycles. The van der Waals surface area contributed by atoms with Crippen LogP contribution in [-0.2, 0) is 0 Å². The van der Waals surface area contributed by atoms with E-state index in [4.69, 9.17) is 19.4 Å². The maximum absolute atomic E-state index is 5.39. The number of thioether (sulfide) groups is 2. The minimum atomic E-state index is 0.722. The average Bonchev–Trinajstić information content (AvgIpc) is 2.47. The molecular formula is C14H18N2O2S2. The lowest BCUT2D eigenvalue weighted by molar-refractivity contribution is 0.408. The molecule has 0 aliphatic rings. The molecule has 0 saturated carbocycles. The van der Waals surface area contributed by atoms with Gasteiger partial charge in [0.2, 0.25) is 0 Å². The summed E-state index contributed by atoms with van der Waals surface area (Å²) in [4.78, 5) is 9.48. The van der Waals surface area contributed by atoms with Gasteiger partial charge in [0, 0.05) is 0 Å². The zero-order valence-corrected chi connectivity index (χ0v) is 13.7. The van der Waals surface area contributed by atoms with Crippen molar-refractivity contribution in [2.24, 2.45) is 0 Å². The Kier molecular flexibility index (Phi) is 5.37. The predicted molar refractivity (Wildman–Crippen MR) is 85.4 cm³/mol. The van der Waals surface area contributed by atoms with E-state index in [9.17, 15) is 0 Å². The van der Waals surface area contributed by atoms with Crippen LogP contribution in [0.25, 0.3) is 11.0 Å². The fraction of sp³-hybridized carbons (Fsp3) is 0.429. The van der Waals surface area contributed by atoms with E-state index >= 15 is 0 Å². The molecule has 108 valence electrons. The summed E-state index contributed by atoms with van der Waals surface area (Å²) in [6.07, 6.45) is 0. The molecule has 1 aromatic heterocycles. The molecule has 0 saturated heterocycles. The van der Waals surface area contributed by atoms with Crippen molar-refractivity contribution < 1.29 is 9.47 Å². The molecule has 0 atom stereocenters. The van der Waals surface area contributed by atoms with E-state index in [1.807, 2.05) is 12.1 Å². The van der Waals surface area contributed by atoms with E-state index in [0.717, 1.165) is 44.1 Å². The monoisotopic (exact) mass is 310 g/mol. The minimum absolute atomic E-state index is 0.722. The summed E-state index contributed by atoms with van der Waals surface area (Å²) in [5.74, 6) is 3.37. The zero-order valence-electron chi connectivity index (χ0n) is 12.1. The van der Waals surface area contributed by atoms with Gasteiger partial charge in [0.15, 0.2) is 0 Å². The van der Waals surface area contributed by atoms with E-state index in [-0.39, 0.29) is 0 Å². The molecule has 0 fully saturated rings. The van der Waals surface area contributed by atoms with Crippen LogP contribution in [0.15, 0.2) is 22.2 Å². The highest BCUT2D eigenvalue weighted by atomic mass is 32.2. The molecule has 20 heavy (non-hydrogen) atoms. The Labute approximate surface area is 127 Å². The van der Waals surface area contributed by atoms with E-state index in [2.05, 4.69) is 13.8 Å².